The molecular weight excluding hydrogens is 398 g/mol. The minimum atomic E-state index is -1.19. The van der Waals surface area contributed by atoms with Crippen molar-refractivity contribution in [1.29, 1.82) is 0 Å². The van der Waals surface area contributed by atoms with E-state index in [-0.39, 0.29) is 12.6 Å². The molecule has 0 bridgehead atoms. The molecule has 30 heavy (non-hydrogen) atoms. The number of benzene rings is 2. The van der Waals surface area contributed by atoms with Gasteiger partial charge in [0, 0.05) is 4.88 Å². The number of urea groups is 1. The summed E-state index contributed by atoms with van der Waals surface area (Å²) in [5, 5.41) is 7.64. The maximum atomic E-state index is 13.0. The molecule has 0 spiro atoms. The third-order valence-corrected chi connectivity index (χ3v) is 6.13. The first-order valence-electron chi connectivity index (χ1n) is 9.56. The number of imide groups is 1. The highest BCUT2D eigenvalue weighted by Gasteiger charge is 2.49. The Morgan fingerprint density at radius 2 is 1.70 bits per heavy atom. The van der Waals surface area contributed by atoms with Crippen LogP contribution in [0.15, 0.2) is 78.2 Å². The van der Waals surface area contributed by atoms with Gasteiger partial charge in [0.1, 0.15) is 12.1 Å². The van der Waals surface area contributed by atoms with Gasteiger partial charge in [0.05, 0.1) is 6.04 Å². The highest BCUT2D eigenvalue weighted by atomic mass is 32.1. The number of hydrogen-bond acceptors (Lipinski definition) is 4. The molecule has 2 N–H and O–H groups in total. The van der Waals surface area contributed by atoms with Gasteiger partial charge >= 0.3 is 6.03 Å². The van der Waals surface area contributed by atoms with Crippen molar-refractivity contribution in [2.24, 2.45) is 0 Å². The Balaban J connectivity index is 1.52. The molecule has 2 heterocycles. The third kappa shape index (κ3) is 3.71. The van der Waals surface area contributed by atoms with Gasteiger partial charge in [0.25, 0.3) is 5.91 Å². The molecule has 1 aliphatic heterocycles. The molecule has 0 radical (unpaired) electrons. The first kappa shape index (κ1) is 19.8. The van der Waals surface area contributed by atoms with Crippen LogP contribution in [0, 0.1) is 0 Å². The molecule has 1 fully saturated rings. The molecule has 7 heteroatoms. The van der Waals surface area contributed by atoms with Crippen molar-refractivity contribution >= 4 is 29.2 Å². The number of nitrogens with zero attached hydrogens (tertiary/aromatic N) is 1. The molecule has 0 saturated carbocycles. The zero-order chi connectivity index (χ0) is 21.1. The molecule has 2 aromatic carbocycles. The van der Waals surface area contributed by atoms with Crippen LogP contribution in [0.1, 0.15) is 29.0 Å². The first-order chi connectivity index (χ1) is 14.5. The largest absolute Gasteiger partial charge is 0.343 e. The summed E-state index contributed by atoms with van der Waals surface area (Å²) in [5.41, 5.74) is 0.414. The Morgan fingerprint density at radius 3 is 2.33 bits per heavy atom. The van der Waals surface area contributed by atoms with E-state index in [1.165, 1.54) is 11.3 Å². The van der Waals surface area contributed by atoms with Crippen LogP contribution in [0.25, 0.3) is 0 Å². The topological polar surface area (TPSA) is 78.5 Å². The van der Waals surface area contributed by atoms with E-state index >= 15 is 0 Å². The summed E-state index contributed by atoms with van der Waals surface area (Å²) in [6, 6.07) is 21.6. The van der Waals surface area contributed by atoms with Crippen molar-refractivity contribution in [3.05, 3.63) is 94.2 Å². The van der Waals surface area contributed by atoms with Gasteiger partial charge in [-0.05, 0) is 29.5 Å². The van der Waals surface area contributed by atoms with Gasteiger partial charge < -0.3 is 10.6 Å². The van der Waals surface area contributed by atoms with Crippen LogP contribution in [0.3, 0.4) is 0 Å². The van der Waals surface area contributed by atoms with Crippen LogP contribution in [0.2, 0.25) is 0 Å². The fraction of sp³-hybridized carbons (Fsp3) is 0.174. The highest BCUT2D eigenvalue weighted by Crippen LogP contribution is 2.29. The quantitative estimate of drug-likeness (QED) is 0.601. The molecule has 6 nitrogen and oxygen atoms in total. The van der Waals surface area contributed by atoms with E-state index in [0.717, 1.165) is 15.3 Å². The van der Waals surface area contributed by atoms with E-state index in [0.29, 0.717) is 5.56 Å². The van der Waals surface area contributed by atoms with E-state index in [2.05, 4.69) is 10.6 Å². The number of rotatable bonds is 6. The summed E-state index contributed by atoms with van der Waals surface area (Å²) in [4.78, 5) is 40.3. The summed E-state index contributed by atoms with van der Waals surface area (Å²) in [5.74, 6) is -0.848. The SMILES string of the molecule is CC1(c2ccccc2)NC(=O)N(CC(=O)NC(c2ccccc2)c2cccs2)C1=O. The maximum absolute atomic E-state index is 13.0. The number of carbonyl (C=O) groups excluding carboxylic acids is 3. The van der Waals surface area contributed by atoms with Gasteiger partial charge in [-0.25, -0.2) is 4.79 Å². The molecule has 4 rings (SSSR count). The summed E-state index contributed by atoms with van der Waals surface area (Å²) < 4.78 is 0. The summed E-state index contributed by atoms with van der Waals surface area (Å²) in [6.45, 7) is 1.31. The van der Waals surface area contributed by atoms with Crippen molar-refractivity contribution in [1.82, 2.24) is 15.5 Å². The normalized spacial score (nSPS) is 19.4. The predicted molar refractivity (Wildman–Crippen MR) is 115 cm³/mol. The summed E-state index contributed by atoms with van der Waals surface area (Å²) in [7, 11) is 0. The zero-order valence-electron chi connectivity index (χ0n) is 16.4. The standard InChI is InChI=1S/C23H21N3O3S/c1-23(17-11-6-3-7-12-17)21(28)26(22(29)25-23)15-19(27)24-20(18-13-8-14-30-18)16-9-4-2-5-10-16/h2-14,20H,15H2,1H3,(H,24,27)(H,25,29). The summed E-state index contributed by atoms with van der Waals surface area (Å²) in [6.07, 6.45) is 0. The minimum absolute atomic E-state index is 0.345. The smallest absolute Gasteiger partial charge is 0.325 e. The van der Waals surface area contributed by atoms with Crippen molar-refractivity contribution < 1.29 is 14.4 Å². The van der Waals surface area contributed by atoms with Crippen molar-refractivity contribution in [2.45, 2.75) is 18.5 Å². The fourth-order valence-electron chi connectivity index (χ4n) is 3.58. The van der Waals surface area contributed by atoms with Crippen LogP contribution in [0.5, 0.6) is 0 Å². The minimum Gasteiger partial charge on any atom is -0.343 e. The third-order valence-electron chi connectivity index (χ3n) is 5.19. The van der Waals surface area contributed by atoms with E-state index in [9.17, 15) is 14.4 Å². The molecule has 0 aliphatic carbocycles. The average Bonchev–Trinajstić information content (AvgIpc) is 3.37. The fourth-order valence-corrected chi connectivity index (χ4v) is 4.38. The van der Waals surface area contributed by atoms with E-state index in [1.54, 1.807) is 31.2 Å². The van der Waals surface area contributed by atoms with Gasteiger partial charge in [0.15, 0.2) is 0 Å². The Morgan fingerprint density at radius 1 is 1.03 bits per heavy atom. The second-order valence-corrected chi connectivity index (χ2v) is 8.22. The second-order valence-electron chi connectivity index (χ2n) is 7.24. The maximum Gasteiger partial charge on any atom is 0.325 e. The molecule has 2 atom stereocenters. The van der Waals surface area contributed by atoms with Gasteiger partial charge in [-0.15, -0.1) is 11.3 Å². The second kappa shape index (κ2) is 8.12. The Labute approximate surface area is 178 Å². The number of amides is 4. The number of nitrogens with one attached hydrogen (secondary N) is 2. The molecule has 4 amide bonds. The van der Waals surface area contributed by atoms with Gasteiger partial charge in [-0.1, -0.05) is 66.7 Å². The van der Waals surface area contributed by atoms with Crippen LogP contribution in [0.4, 0.5) is 4.79 Å². The van der Waals surface area contributed by atoms with Gasteiger partial charge in [0.2, 0.25) is 5.91 Å². The Bertz CT molecular complexity index is 1050. The van der Waals surface area contributed by atoms with E-state index < -0.39 is 23.4 Å². The molecule has 152 valence electrons. The monoisotopic (exact) mass is 419 g/mol. The lowest BCUT2D eigenvalue weighted by molar-refractivity contribution is -0.135. The number of hydrogen-bond donors (Lipinski definition) is 2. The van der Waals surface area contributed by atoms with Crippen LogP contribution < -0.4 is 10.6 Å². The van der Waals surface area contributed by atoms with E-state index in [4.69, 9.17) is 0 Å². The van der Waals surface area contributed by atoms with Crippen molar-refractivity contribution in [3.8, 4) is 0 Å². The van der Waals surface area contributed by atoms with Crippen LogP contribution >= 0.6 is 11.3 Å². The van der Waals surface area contributed by atoms with Gasteiger partial charge in [-0.2, -0.15) is 0 Å². The molecule has 2 unspecified atom stereocenters. The van der Waals surface area contributed by atoms with Crippen LogP contribution in [-0.2, 0) is 15.1 Å². The lowest BCUT2D eigenvalue weighted by Crippen LogP contribution is -2.44. The Kier molecular flexibility index (Phi) is 5.37. The lowest BCUT2D eigenvalue weighted by atomic mass is 9.92. The molecule has 1 saturated heterocycles. The molecular formula is C23H21N3O3S. The first-order valence-corrected chi connectivity index (χ1v) is 10.4. The van der Waals surface area contributed by atoms with Gasteiger partial charge in [-0.3, -0.25) is 14.5 Å². The average molecular weight is 420 g/mol. The van der Waals surface area contributed by atoms with E-state index in [1.807, 2.05) is 53.9 Å². The predicted octanol–water partition coefficient (Wildman–Crippen LogP) is 3.42. The lowest BCUT2D eigenvalue weighted by Gasteiger charge is -2.23. The summed E-state index contributed by atoms with van der Waals surface area (Å²) >= 11 is 1.53. The number of carbonyl (C=O) groups is 3. The molecule has 1 aliphatic rings. The van der Waals surface area contributed by atoms with Crippen LogP contribution in [-0.4, -0.2) is 29.3 Å². The van der Waals surface area contributed by atoms with Crippen molar-refractivity contribution in [3.63, 3.8) is 0 Å². The zero-order valence-corrected chi connectivity index (χ0v) is 17.2. The van der Waals surface area contributed by atoms with Crippen molar-refractivity contribution in [2.75, 3.05) is 6.54 Å². The molecule has 3 aromatic rings. The molecule has 1 aromatic heterocycles. The number of thiophene rings is 1. The Hall–Kier alpha value is -3.45. The highest BCUT2D eigenvalue weighted by molar-refractivity contribution is 7.10.